The van der Waals surface area contributed by atoms with E-state index in [1.54, 1.807) is 11.3 Å². The van der Waals surface area contributed by atoms with Crippen molar-refractivity contribution in [2.45, 2.75) is 19.3 Å². The molecule has 2 aromatic rings. The number of benzene rings is 1. The third kappa shape index (κ3) is 4.05. The summed E-state index contributed by atoms with van der Waals surface area (Å²) in [5, 5.41) is 10.5. The van der Waals surface area contributed by atoms with E-state index >= 15 is 0 Å². The fourth-order valence-corrected chi connectivity index (χ4v) is 2.77. The molecule has 1 heterocycles. The molecule has 0 N–H and O–H groups in total. The zero-order valence-electron chi connectivity index (χ0n) is 9.20. The minimum Gasteiger partial charge on any atom is -0.144 e. The summed E-state index contributed by atoms with van der Waals surface area (Å²) in [7, 11) is 0. The molecule has 0 atom stereocenters. The van der Waals surface area contributed by atoms with Gasteiger partial charge in [-0.1, -0.05) is 28.1 Å². The van der Waals surface area contributed by atoms with E-state index in [9.17, 15) is 0 Å². The second-order valence-corrected chi connectivity index (χ2v) is 6.13. The third-order valence-electron chi connectivity index (χ3n) is 2.30. The number of hydrogen-bond donors (Lipinski definition) is 0. The van der Waals surface area contributed by atoms with Crippen molar-refractivity contribution in [3.05, 3.63) is 44.3 Å². The Bertz CT molecular complexity index is 470. The van der Waals surface area contributed by atoms with Gasteiger partial charge in [-0.3, -0.25) is 0 Å². The van der Waals surface area contributed by atoms with E-state index < -0.39 is 0 Å². The summed E-state index contributed by atoms with van der Waals surface area (Å²) in [5.74, 6) is 0.682. The van der Waals surface area contributed by atoms with Crippen molar-refractivity contribution in [2.75, 3.05) is 5.88 Å². The summed E-state index contributed by atoms with van der Waals surface area (Å²) in [6.45, 7) is 0. The number of nitrogens with zero attached hydrogens (tertiary/aromatic N) is 2. The maximum Gasteiger partial charge on any atom is 0.121 e. The van der Waals surface area contributed by atoms with Gasteiger partial charge in [0, 0.05) is 23.2 Å². The van der Waals surface area contributed by atoms with Gasteiger partial charge in [0.2, 0.25) is 0 Å². The number of rotatable bonds is 5. The molecule has 1 aromatic carbocycles. The molecule has 0 aliphatic carbocycles. The van der Waals surface area contributed by atoms with Gasteiger partial charge in [-0.2, -0.15) is 0 Å². The van der Waals surface area contributed by atoms with Crippen LogP contribution in [-0.4, -0.2) is 16.1 Å². The van der Waals surface area contributed by atoms with Crippen LogP contribution in [0, 0.1) is 0 Å². The van der Waals surface area contributed by atoms with Gasteiger partial charge in [0.05, 0.1) is 0 Å². The SMILES string of the molecule is ClCCCc1nnc(Cc2ccc(Br)cc2)s1. The maximum atomic E-state index is 5.65. The second kappa shape index (κ2) is 6.47. The van der Waals surface area contributed by atoms with E-state index in [1.807, 2.05) is 12.1 Å². The van der Waals surface area contributed by atoms with Gasteiger partial charge in [0.25, 0.3) is 0 Å². The Balaban J connectivity index is 1.98. The fraction of sp³-hybridized carbons (Fsp3) is 0.333. The molecule has 5 heteroatoms. The summed E-state index contributed by atoms with van der Waals surface area (Å²) in [6, 6.07) is 8.30. The summed E-state index contributed by atoms with van der Waals surface area (Å²) in [5.41, 5.74) is 1.26. The zero-order valence-corrected chi connectivity index (χ0v) is 12.4. The van der Waals surface area contributed by atoms with Crippen LogP contribution in [0.4, 0.5) is 0 Å². The van der Waals surface area contributed by atoms with E-state index in [4.69, 9.17) is 11.6 Å². The molecule has 17 heavy (non-hydrogen) atoms. The highest BCUT2D eigenvalue weighted by Crippen LogP contribution is 2.17. The first kappa shape index (κ1) is 13.0. The molecule has 90 valence electrons. The predicted octanol–water partition coefficient (Wildman–Crippen LogP) is 4.06. The normalized spacial score (nSPS) is 10.7. The van der Waals surface area contributed by atoms with Crippen LogP contribution >= 0.6 is 38.9 Å². The fourth-order valence-electron chi connectivity index (χ4n) is 1.46. The zero-order chi connectivity index (χ0) is 12.1. The Kier molecular flexibility index (Phi) is 4.95. The standard InChI is InChI=1S/C12H12BrClN2S/c13-10-5-3-9(4-6-10)8-12-16-15-11(17-12)2-1-7-14/h3-6H,1-2,7-8H2. The molecule has 0 saturated heterocycles. The van der Waals surface area contributed by atoms with Crippen LogP contribution in [0.5, 0.6) is 0 Å². The van der Waals surface area contributed by atoms with Crippen LogP contribution in [0.2, 0.25) is 0 Å². The molecule has 0 saturated carbocycles. The lowest BCUT2D eigenvalue weighted by Gasteiger charge is -1.96. The van der Waals surface area contributed by atoms with E-state index in [0.717, 1.165) is 33.8 Å². The molecule has 0 aliphatic rings. The van der Waals surface area contributed by atoms with Crippen molar-refractivity contribution in [3.63, 3.8) is 0 Å². The summed E-state index contributed by atoms with van der Waals surface area (Å²) in [6.07, 6.45) is 2.75. The van der Waals surface area contributed by atoms with Crippen molar-refractivity contribution in [2.24, 2.45) is 0 Å². The molecule has 0 fully saturated rings. The van der Waals surface area contributed by atoms with Crippen molar-refractivity contribution < 1.29 is 0 Å². The Hall–Kier alpha value is -0.450. The van der Waals surface area contributed by atoms with Crippen LogP contribution in [0.3, 0.4) is 0 Å². The summed E-state index contributed by atoms with van der Waals surface area (Å²) < 4.78 is 1.10. The van der Waals surface area contributed by atoms with Crippen LogP contribution in [-0.2, 0) is 12.8 Å². The van der Waals surface area contributed by atoms with E-state index in [2.05, 4.69) is 38.3 Å². The van der Waals surface area contributed by atoms with Crippen molar-refractivity contribution in [3.8, 4) is 0 Å². The maximum absolute atomic E-state index is 5.65. The monoisotopic (exact) mass is 330 g/mol. The quantitative estimate of drug-likeness (QED) is 0.772. The molecule has 0 bridgehead atoms. The minimum absolute atomic E-state index is 0.682. The number of halogens is 2. The first-order valence-corrected chi connectivity index (χ1v) is 7.54. The van der Waals surface area contributed by atoms with Crippen LogP contribution < -0.4 is 0 Å². The van der Waals surface area contributed by atoms with Gasteiger partial charge in [-0.25, -0.2) is 0 Å². The number of hydrogen-bond acceptors (Lipinski definition) is 3. The highest BCUT2D eigenvalue weighted by Gasteiger charge is 2.04. The Morgan fingerprint density at radius 3 is 2.53 bits per heavy atom. The van der Waals surface area contributed by atoms with Gasteiger partial charge in [0.1, 0.15) is 10.0 Å². The average Bonchev–Trinajstić information content (AvgIpc) is 2.77. The molecule has 1 aromatic heterocycles. The van der Waals surface area contributed by atoms with Gasteiger partial charge < -0.3 is 0 Å². The molecule has 0 spiro atoms. The molecule has 0 radical (unpaired) electrons. The lowest BCUT2D eigenvalue weighted by Crippen LogP contribution is -1.86. The van der Waals surface area contributed by atoms with Crippen molar-refractivity contribution in [1.29, 1.82) is 0 Å². The number of aryl methyl sites for hydroxylation is 1. The first-order valence-electron chi connectivity index (χ1n) is 5.39. The molecule has 2 nitrogen and oxygen atoms in total. The predicted molar refractivity (Wildman–Crippen MR) is 75.9 cm³/mol. The molecular formula is C12H12BrClN2S. The third-order valence-corrected chi connectivity index (χ3v) is 4.08. The van der Waals surface area contributed by atoms with Gasteiger partial charge in [-0.05, 0) is 24.1 Å². The molecular weight excluding hydrogens is 320 g/mol. The Labute approximate surface area is 118 Å². The second-order valence-electron chi connectivity index (χ2n) is 3.69. The van der Waals surface area contributed by atoms with Crippen molar-refractivity contribution in [1.82, 2.24) is 10.2 Å². The van der Waals surface area contributed by atoms with Gasteiger partial charge >= 0.3 is 0 Å². The van der Waals surface area contributed by atoms with Crippen LogP contribution in [0.15, 0.2) is 28.7 Å². The smallest absolute Gasteiger partial charge is 0.121 e. The first-order chi connectivity index (χ1) is 8.28. The topological polar surface area (TPSA) is 25.8 Å². The molecule has 0 aliphatic heterocycles. The summed E-state index contributed by atoms with van der Waals surface area (Å²) in [4.78, 5) is 0. The Morgan fingerprint density at radius 2 is 1.82 bits per heavy atom. The molecule has 2 rings (SSSR count). The van der Waals surface area contributed by atoms with Gasteiger partial charge in [-0.15, -0.1) is 33.1 Å². The lowest BCUT2D eigenvalue weighted by atomic mass is 10.2. The largest absolute Gasteiger partial charge is 0.144 e. The number of alkyl halides is 1. The summed E-state index contributed by atoms with van der Waals surface area (Å²) >= 11 is 10.8. The lowest BCUT2D eigenvalue weighted by molar-refractivity contribution is 0.873. The minimum atomic E-state index is 0.682. The average molecular weight is 332 g/mol. The molecule has 0 amide bonds. The number of aromatic nitrogens is 2. The Morgan fingerprint density at radius 1 is 1.12 bits per heavy atom. The highest BCUT2D eigenvalue weighted by molar-refractivity contribution is 9.10. The molecule has 0 unspecified atom stereocenters. The van der Waals surface area contributed by atoms with E-state index in [0.29, 0.717) is 5.88 Å². The van der Waals surface area contributed by atoms with Crippen LogP contribution in [0.25, 0.3) is 0 Å². The van der Waals surface area contributed by atoms with E-state index in [-0.39, 0.29) is 0 Å². The van der Waals surface area contributed by atoms with Crippen LogP contribution in [0.1, 0.15) is 22.0 Å². The van der Waals surface area contributed by atoms with Gasteiger partial charge in [0.15, 0.2) is 0 Å². The highest BCUT2D eigenvalue weighted by atomic mass is 79.9. The van der Waals surface area contributed by atoms with Crippen molar-refractivity contribution >= 4 is 38.9 Å². The van der Waals surface area contributed by atoms with E-state index in [1.165, 1.54) is 5.56 Å².